The Bertz CT molecular complexity index is 1070. The molecule has 0 spiro atoms. The highest BCUT2D eigenvalue weighted by Crippen LogP contribution is 2.14. The molecule has 8 nitrogen and oxygen atoms in total. The molecule has 160 valence electrons. The lowest BCUT2D eigenvalue weighted by atomic mass is 10.1. The van der Waals surface area contributed by atoms with Crippen LogP contribution in [0.5, 0.6) is 0 Å². The molecular weight excluding hydrogens is 388 g/mol. The minimum absolute atomic E-state index is 0.270. The SMILES string of the molecule is Cc1ccc(CN(C)CCCn2c(=O)oc3ccccc32)c(C)c1.O=C(O)C(=O)O. The second-order valence-electron chi connectivity index (χ2n) is 7.12. The Balaban J connectivity index is 0.000000469. The van der Waals surface area contributed by atoms with Crippen molar-refractivity contribution >= 4 is 23.0 Å². The number of carboxylic acids is 2. The molecule has 0 unspecified atom stereocenters. The zero-order chi connectivity index (χ0) is 22.3. The first kappa shape index (κ1) is 22.9. The molecule has 1 heterocycles. The van der Waals surface area contributed by atoms with Crippen molar-refractivity contribution in [3.05, 3.63) is 69.7 Å². The molecule has 1 aromatic heterocycles. The Morgan fingerprint density at radius 1 is 1.07 bits per heavy atom. The van der Waals surface area contributed by atoms with Crippen LogP contribution in [-0.4, -0.2) is 45.2 Å². The minimum Gasteiger partial charge on any atom is -0.473 e. The van der Waals surface area contributed by atoms with E-state index in [1.165, 1.54) is 16.7 Å². The highest BCUT2D eigenvalue weighted by molar-refractivity contribution is 6.27. The van der Waals surface area contributed by atoms with Gasteiger partial charge in [-0.05, 0) is 57.1 Å². The van der Waals surface area contributed by atoms with Crippen LogP contribution in [0.1, 0.15) is 23.1 Å². The first-order chi connectivity index (χ1) is 14.2. The number of aliphatic carboxylic acids is 2. The van der Waals surface area contributed by atoms with Crippen LogP contribution in [0.2, 0.25) is 0 Å². The third kappa shape index (κ3) is 6.31. The number of para-hydroxylation sites is 2. The Kier molecular flexibility index (Phi) is 7.94. The molecule has 0 atom stereocenters. The average molecular weight is 414 g/mol. The number of hydrogen-bond donors (Lipinski definition) is 2. The Hall–Kier alpha value is -3.39. The number of hydrogen-bond acceptors (Lipinski definition) is 5. The third-order valence-electron chi connectivity index (χ3n) is 4.62. The number of aromatic nitrogens is 1. The van der Waals surface area contributed by atoms with E-state index in [0.29, 0.717) is 12.1 Å². The molecule has 0 bridgehead atoms. The summed E-state index contributed by atoms with van der Waals surface area (Å²) < 4.78 is 7.00. The maximum Gasteiger partial charge on any atom is 0.419 e. The van der Waals surface area contributed by atoms with E-state index in [1.54, 1.807) is 4.57 Å². The van der Waals surface area contributed by atoms with Crippen LogP contribution in [0.4, 0.5) is 0 Å². The van der Waals surface area contributed by atoms with Crippen LogP contribution in [0.3, 0.4) is 0 Å². The highest BCUT2D eigenvalue weighted by Gasteiger charge is 2.09. The van der Waals surface area contributed by atoms with E-state index in [2.05, 4.69) is 44.0 Å². The van der Waals surface area contributed by atoms with Crippen LogP contribution in [0.15, 0.2) is 51.7 Å². The summed E-state index contributed by atoms with van der Waals surface area (Å²) in [7, 11) is 2.12. The van der Waals surface area contributed by atoms with Crippen molar-refractivity contribution in [3.63, 3.8) is 0 Å². The van der Waals surface area contributed by atoms with Gasteiger partial charge in [0.05, 0.1) is 5.52 Å². The topological polar surface area (TPSA) is 113 Å². The number of benzene rings is 2. The molecule has 0 saturated heterocycles. The molecule has 0 aliphatic rings. The predicted octanol–water partition coefficient (Wildman–Crippen LogP) is 2.89. The molecule has 0 fully saturated rings. The van der Waals surface area contributed by atoms with Gasteiger partial charge in [-0.25, -0.2) is 14.4 Å². The van der Waals surface area contributed by atoms with Gasteiger partial charge in [-0.2, -0.15) is 0 Å². The highest BCUT2D eigenvalue weighted by atomic mass is 16.4. The first-order valence-corrected chi connectivity index (χ1v) is 9.48. The molecule has 0 aliphatic heterocycles. The van der Waals surface area contributed by atoms with E-state index in [-0.39, 0.29) is 5.76 Å². The van der Waals surface area contributed by atoms with Gasteiger partial charge >= 0.3 is 17.7 Å². The van der Waals surface area contributed by atoms with Crippen LogP contribution < -0.4 is 5.76 Å². The maximum absolute atomic E-state index is 12.0. The molecule has 0 radical (unpaired) electrons. The van der Waals surface area contributed by atoms with Gasteiger partial charge in [0.25, 0.3) is 0 Å². The summed E-state index contributed by atoms with van der Waals surface area (Å²) in [4.78, 5) is 32.5. The zero-order valence-corrected chi connectivity index (χ0v) is 17.3. The summed E-state index contributed by atoms with van der Waals surface area (Å²) in [5, 5.41) is 14.8. The van der Waals surface area contributed by atoms with E-state index in [1.807, 2.05) is 24.3 Å². The van der Waals surface area contributed by atoms with E-state index in [9.17, 15) is 4.79 Å². The fraction of sp³-hybridized carbons (Fsp3) is 0.318. The number of carbonyl (C=O) groups is 2. The molecule has 0 saturated carbocycles. The lowest BCUT2D eigenvalue weighted by Gasteiger charge is -2.18. The van der Waals surface area contributed by atoms with Gasteiger partial charge in [-0.3, -0.25) is 4.57 Å². The first-order valence-electron chi connectivity index (χ1n) is 9.48. The number of rotatable bonds is 6. The molecule has 8 heteroatoms. The fourth-order valence-corrected chi connectivity index (χ4v) is 3.12. The number of oxazole rings is 1. The van der Waals surface area contributed by atoms with Crippen molar-refractivity contribution in [1.82, 2.24) is 9.47 Å². The molecular formula is C22H26N2O6. The summed E-state index contributed by atoms with van der Waals surface area (Å²) in [6.07, 6.45) is 0.908. The summed E-state index contributed by atoms with van der Waals surface area (Å²) in [5.74, 6) is -3.92. The predicted molar refractivity (Wildman–Crippen MR) is 113 cm³/mol. The van der Waals surface area contributed by atoms with Crippen molar-refractivity contribution in [1.29, 1.82) is 0 Å². The normalized spacial score (nSPS) is 10.7. The van der Waals surface area contributed by atoms with Gasteiger partial charge in [-0.15, -0.1) is 0 Å². The Morgan fingerprint density at radius 3 is 2.37 bits per heavy atom. The molecule has 2 N–H and O–H groups in total. The lowest BCUT2D eigenvalue weighted by molar-refractivity contribution is -0.159. The summed E-state index contributed by atoms with van der Waals surface area (Å²) in [6, 6.07) is 14.2. The number of aryl methyl sites for hydroxylation is 3. The third-order valence-corrected chi connectivity index (χ3v) is 4.62. The second-order valence-corrected chi connectivity index (χ2v) is 7.12. The minimum atomic E-state index is -1.82. The van der Waals surface area contributed by atoms with Crippen LogP contribution in [0.25, 0.3) is 11.1 Å². The smallest absolute Gasteiger partial charge is 0.419 e. The molecule has 3 aromatic rings. The van der Waals surface area contributed by atoms with Crippen LogP contribution in [-0.2, 0) is 22.7 Å². The molecule has 0 aliphatic carbocycles. The van der Waals surface area contributed by atoms with Crippen molar-refractivity contribution < 1.29 is 24.2 Å². The summed E-state index contributed by atoms with van der Waals surface area (Å²) in [5.41, 5.74) is 5.52. The summed E-state index contributed by atoms with van der Waals surface area (Å²) in [6.45, 7) is 6.81. The average Bonchev–Trinajstić information content (AvgIpc) is 3.00. The standard InChI is InChI=1S/C20H24N2O2.C2H2O4/c1-15-9-10-17(16(2)13-15)14-21(3)11-6-12-22-18-7-4-5-8-19(18)24-20(22)23;3-1(4)2(5)6/h4-5,7-10,13H,6,11-12,14H2,1-3H3;(H,3,4)(H,5,6). The van der Waals surface area contributed by atoms with E-state index < -0.39 is 11.9 Å². The Labute approximate surface area is 174 Å². The summed E-state index contributed by atoms with van der Waals surface area (Å²) >= 11 is 0. The van der Waals surface area contributed by atoms with E-state index >= 15 is 0 Å². The number of carboxylic acid groups (broad SMARTS) is 2. The molecule has 0 amide bonds. The van der Waals surface area contributed by atoms with Gasteiger partial charge in [0, 0.05) is 13.1 Å². The molecule has 30 heavy (non-hydrogen) atoms. The maximum atomic E-state index is 12.0. The molecule has 3 rings (SSSR count). The molecule has 2 aromatic carbocycles. The number of fused-ring (bicyclic) bond motifs is 1. The van der Waals surface area contributed by atoms with Crippen LogP contribution in [0, 0.1) is 13.8 Å². The Morgan fingerprint density at radius 2 is 1.73 bits per heavy atom. The van der Waals surface area contributed by atoms with Crippen molar-refractivity contribution in [2.24, 2.45) is 0 Å². The second kappa shape index (κ2) is 10.4. The number of nitrogens with zero attached hydrogens (tertiary/aromatic N) is 2. The lowest BCUT2D eigenvalue weighted by Crippen LogP contribution is -2.22. The van der Waals surface area contributed by atoms with Gasteiger partial charge < -0.3 is 19.5 Å². The quantitative estimate of drug-likeness (QED) is 0.596. The van der Waals surface area contributed by atoms with Crippen molar-refractivity contribution in [2.45, 2.75) is 33.4 Å². The van der Waals surface area contributed by atoms with Gasteiger partial charge in [-0.1, -0.05) is 35.9 Å². The van der Waals surface area contributed by atoms with Crippen molar-refractivity contribution in [3.8, 4) is 0 Å². The van der Waals surface area contributed by atoms with E-state index in [0.717, 1.165) is 25.0 Å². The van der Waals surface area contributed by atoms with Gasteiger partial charge in [0.1, 0.15) is 0 Å². The fourth-order valence-electron chi connectivity index (χ4n) is 3.12. The monoisotopic (exact) mass is 414 g/mol. The van der Waals surface area contributed by atoms with Gasteiger partial charge in [0.2, 0.25) is 0 Å². The van der Waals surface area contributed by atoms with E-state index in [4.69, 9.17) is 24.2 Å². The van der Waals surface area contributed by atoms with Gasteiger partial charge in [0.15, 0.2) is 5.58 Å². The van der Waals surface area contributed by atoms with Crippen molar-refractivity contribution in [2.75, 3.05) is 13.6 Å². The largest absolute Gasteiger partial charge is 0.473 e. The van der Waals surface area contributed by atoms with Crippen LogP contribution >= 0.6 is 0 Å². The zero-order valence-electron chi connectivity index (χ0n) is 17.3.